The van der Waals surface area contributed by atoms with E-state index in [1.54, 1.807) is 22.7 Å². The third-order valence-corrected chi connectivity index (χ3v) is 4.48. The first kappa shape index (κ1) is 16.5. The second kappa shape index (κ2) is 7.05. The van der Waals surface area contributed by atoms with Crippen molar-refractivity contribution in [2.75, 3.05) is 11.4 Å². The third kappa shape index (κ3) is 3.59. The molecular weight excluding hydrogens is 328 g/mol. The van der Waals surface area contributed by atoms with E-state index in [2.05, 4.69) is 10.3 Å². The predicted molar refractivity (Wildman–Crippen MR) is 91.8 cm³/mol. The van der Waals surface area contributed by atoms with Gasteiger partial charge in [0.1, 0.15) is 11.0 Å². The quantitative estimate of drug-likeness (QED) is 0.901. The van der Waals surface area contributed by atoms with Crippen LogP contribution in [0.4, 0.5) is 5.69 Å². The van der Waals surface area contributed by atoms with Gasteiger partial charge < -0.3 is 14.8 Å². The molecule has 24 heavy (non-hydrogen) atoms. The lowest BCUT2D eigenvalue weighted by molar-refractivity contribution is -0.120. The maximum Gasteiger partial charge on any atom is 0.227 e. The van der Waals surface area contributed by atoms with Gasteiger partial charge in [0.15, 0.2) is 0 Å². The summed E-state index contributed by atoms with van der Waals surface area (Å²) in [6.45, 7) is 1.07. The van der Waals surface area contributed by atoms with E-state index < -0.39 is 0 Å². The molecular formula is C17H19ClN4O2. The minimum Gasteiger partial charge on any atom is -0.349 e. The highest BCUT2D eigenvalue weighted by atomic mass is 35.5. The van der Waals surface area contributed by atoms with Gasteiger partial charge in [0.25, 0.3) is 0 Å². The van der Waals surface area contributed by atoms with Gasteiger partial charge in [0.2, 0.25) is 11.8 Å². The molecule has 126 valence electrons. The maximum atomic E-state index is 12.1. The molecule has 2 heterocycles. The van der Waals surface area contributed by atoms with E-state index in [0.29, 0.717) is 23.9 Å². The van der Waals surface area contributed by atoms with Crippen molar-refractivity contribution >= 4 is 29.1 Å². The molecule has 0 radical (unpaired) electrons. The number of hydrogen-bond donors (Lipinski definition) is 1. The van der Waals surface area contributed by atoms with E-state index >= 15 is 0 Å². The Morgan fingerprint density at radius 1 is 1.42 bits per heavy atom. The number of hydrogen-bond acceptors (Lipinski definition) is 3. The van der Waals surface area contributed by atoms with Gasteiger partial charge in [-0.05, 0) is 24.1 Å². The summed E-state index contributed by atoms with van der Waals surface area (Å²) in [6.07, 6.45) is 3.29. The molecule has 1 aromatic carbocycles. The van der Waals surface area contributed by atoms with Gasteiger partial charge >= 0.3 is 0 Å². The summed E-state index contributed by atoms with van der Waals surface area (Å²) in [5, 5.41) is 3.37. The summed E-state index contributed by atoms with van der Waals surface area (Å²) in [5.74, 6) is 0.743. The van der Waals surface area contributed by atoms with E-state index in [9.17, 15) is 9.59 Å². The van der Waals surface area contributed by atoms with Crippen LogP contribution >= 0.6 is 11.6 Å². The standard InChI is InChI=1S/C17H19ClN4O2/c1-21-14(18)10-19-15(21)11-20-16(23)9-12-4-2-5-13(8-12)22-7-3-6-17(22)24/h2,4-5,8,10H,3,6-7,9,11H2,1H3,(H,20,23). The van der Waals surface area contributed by atoms with Crippen LogP contribution in [0.25, 0.3) is 0 Å². The molecule has 2 amide bonds. The van der Waals surface area contributed by atoms with Crippen molar-refractivity contribution in [3.05, 3.63) is 47.0 Å². The normalized spacial score (nSPS) is 14.2. The Hall–Kier alpha value is -2.34. The van der Waals surface area contributed by atoms with E-state index in [0.717, 1.165) is 24.2 Å². The third-order valence-electron chi connectivity index (χ3n) is 4.13. The lowest BCUT2D eigenvalue weighted by Gasteiger charge is -2.16. The molecule has 0 spiro atoms. The first-order valence-corrected chi connectivity index (χ1v) is 8.24. The number of anilines is 1. The summed E-state index contributed by atoms with van der Waals surface area (Å²) < 4.78 is 1.72. The number of carbonyl (C=O) groups is 2. The summed E-state index contributed by atoms with van der Waals surface area (Å²) in [4.78, 5) is 29.9. The Morgan fingerprint density at radius 3 is 2.92 bits per heavy atom. The molecule has 7 heteroatoms. The second-order valence-electron chi connectivity index (χ2n) is 5.83. The van der Waals surface area contributed by atoms with Gasteiger partial charge in [-0.3, -0.25) is 9.59 Å². The number of nitrogens with zero attached hydrogens (tertiary/aromatic N) is 3. The fraction of sp³-hybridized carbons (Fsp3) is 0.353. The lowest BCUT2D eigenvalue weighted by atomic mass is 10.1. The largest absolute Gasteiger partial charge is 0.349 e. The van der Waals surface area contributed by atoms with Gasteiger partial charge in [-0.2, -0.15) is 0 Å². The molecule has 1 fully saturated rings. The van der Waals surface area contributed by atoms with Crippen LogP contribution in [0.1, 0.15) is 24.2 Å². The minimum absolute atomic E-state index is 0.0981. The average Bonchev–Trinajstić information content (AvgIpc) is 3.13. The van der Waals surface area contributed by atoms with Crippen LogP contribution < -0.4 is 10.2 Å². The molecule has 3 rings (SSSR count). The van der Waals surface area contributed by atoms with Crippen LogP contribution in [0.3, 0.4) is 0 Å². The first-order valence-electron chi connectivity index (χ1n) is 7.86. The fourth-order valence-electron chi connectivity index (χ4n) is 2.77. The van der Waals surface area contributed by atoms with Gasteiger partial charge in [-0.25, -0.2) is 4.98 Å². The van der Waals surface area contributed by atoms with Gasteiger partial charge in [0.05, 0.1) is 19.2 Å². The molecule has 0 saturated carbocycles. The number of imidazole rings is 1. The van der Waals surface area contributed by atoms with Crippen molar-refractivity contribution in [1.29, 1.82) is 0 Å². The van der Waals surface area contributed by atoms with E-state index in [1.807, 2.05) is 24.3 Å². The molecule has 2 aromatic rings. The molecule has 1 aliphatic rings. The molecule has 1 aliphatic heterocycles. The lowest BCUT2D eigenvalue weighted by Crippen LogP contribution is -2.26. The van der Waals surface area contributed by atoms with Gasteiger partial charge in [0, 0.05) is 25.7 Å². The molecule has 6 nitrogen and oxygen atoms in total. The maximum absolute atomic E-state index is 12.1. The van der Waals surface area contributed by atoms with Crippen LogP contribution in [0.2, 0.25) is 5.15 Å². The van der Waals surface area contributed by atoms with Crippen LogP contribution in [0.15, 0.2) is 30.5 Å². The monoisotopic (exact) mass is 346 g/mol. The summed E-state index contributed by atoms with van der Waals surface area (Å²) in [5.41, 5.74) is 1.74. The second-order valence-corrected chi connectivity index (χ2v) is 6.22. The minimum atomic E-state index is -0.0981. The van der Waals surface area contributed by atoms with Gasteiger partial charge in [-0.1, -0.05) is 23.7 Å². The highest BCUT2D eigenvalue weighted by Crippen LogP contribution is 2.22. The number of rotatable bonds is 5. The van der Waals surface area contributed by atoms with E-state index in [4.69, 9.17) is 11.6 Å². The first-order chi connectivity index (χ1) is 11.5. The summed E-state index contributed by atoms with van der Waals surface area (Å²) in [6, 6.07) is 7.57. The Morgan fingerprint density at radius 2 is 2.25 bits per heavy atom. The molecule has 0 unspecified atom stereocenters. The SMILES string of the molecule is Cn1c(Cl)cnc1CNC(=O)Cc1cccc(N2CCCC2=O)c1. The van der Waals surface area contributed by atoms with Crippen LogP contribution in [-0.2, 0) is 29.6 Å². The van der Waals surface area contributed by atoms with Gasteiger partial charge in [-0.15, -0.1) is 0 Å². The van der Waals surface area contributed by atoms with Crippen molar-refractivity contribution in [2.24, 2.45) is 7.05 Å². The highest BCUT2D eigenvalue weighted by Gasteiger charge is 2.21. The molecule has 0 aliphatic carbocycles. The molecule has 0 atom stereocenters. The van der Waals surface area contributed by atoms with E-state index in [-0.39, 0.29) is 18.2 Å². The van der Waals surface area contributed by atoms with Crippen LogP contribution in [0, 0.1) is 0 Å². The predicted octanol–water partition coefficient (Wildman–Crippen LogP) is 2.06. The molecule has 1 N–H and O–H groups in total. The van der Waals surface area contributed by atoms with Crippen molar-refractivity contribution in [1.82, 2.24) is 14.9 Å². The molecule has 1 saturated heterocycles. The fourth-order valence-corrected chi connectivity index (χ4v) is 2.92. The Bertz CT molecular complexity index is 772. The summed E-state index contributed by atoms with van der Waals surface area (Å²) >= 11 is 5.92. The Kier molecular flexibility index (Phi) is 4.85. The number of carbonyl (C=O) groups excluding carboxylic acids is 2. The zero-order valence-corrected chi connectivity index (χ0v) is 14.2. The van der Waals surface area contributed by atoms with Crippen LogP contribution in [-0.4, -0.2) is 27.9 Å². The van der Waals surface area contributed by atoms with Crippen molar-refractivity contribution in [3.63, 3.8) is 0 Å². The molecule has 0 bridgehead atoms. The zero-order valence-electron chi connectivity index (χ0n) is 13.5. The number of benzene rings is 1. The number of nitrogens with one attached hydrogen (secondary N) is 1. The van der Waals surface area contributed by atoms with E-state index in [1.165, 1.54) is 0 Å². The number of amides is 2. The average molecular weight is 347 g/mol. The summed E-state index contributed by atoms with van der Waals surface area (Å²) in [7, 11) is 1.80. The molecule has 1 aromatic heterocycles. The smallest absolute Gasteiger partial charge is 0.227 e. The van der Waals surface area contributed by atoms with Crippen molar-refractivity contribution in [3.8, 4) is 0 Å². The number of aromatic nitrogens is 2. The van der Waals surface area contributed by atoms with Crippen molar-refractivity contribution < 1.29 is 9.59 Å². The highest BCUT2D eigenvalue weighted by molar-refractivity contribution is 6.29. The topological polar surface area (TPSA) is 67.2 Å². The Labute approximate surface area is 145 Å². The van der Waals surface area contributed by atoms with Crippen LogP contribution in [0.5, 0.6) is 0 Å². The van der Waals surface area contributed by atoms with Crippen molar-refractivity contribution in [2.45, 2.75) is 25.8 Å². The number of halogens is 1. The zero-order chi connectivity index (χ0) is 17.1. The Balaban J connectivity index is 1.60.